The van der Waals surface area contributed by atoms with Gasteiger partial charge in [-0.3, -0.25) is 9.59 Å². The highest BCUT2D eigenvalue weighted by molar-refractivity contribution is 5.99. The van der Waals surface area contributed by atoms with Crippen LogP contribution in [0.2, 0.25) is 0 Å². The molecule has 1 aromatic carbocycles. The summed E-state index contributed by atoms with van der Waals surface area (Å²) in [6.07, 6.45) is 3.53. The summed E-state index contributed by atoms with van der Waals surface area (Å²) in [5, 5.41) is 5.40. The van der Waals surface area contributed by atoms with Gasteiger partial charge in [-0.1, -0.05) is 18.2 Å². The Hall–Kier alpha value is -3.15. The number of nitrogens with zero attached hydrogens (tertiary/aromatic N) is 2. The van der Waals surface area contributed by atoms with Crippen molar-refractivity contribution in [2.24, 2.45) is 0 Å². The molecule has 0 unspecified atom stereocenters. The predicted molar refractivity (Wildman–Crippen MR) is 87.3 cm³/mol. The molecule has 2 amide bonds. The number of hydrogen-bond acceptors (Lipinski definition) is 3. The van der Waals surface area contributed by atoms with Crippen LogP contribution >= 0.6 is 0 Å². The van der Waals surface area contributed by atoms with Crippen molar-refractivity contribution in [3.8, 4) is 0 Å². The number of imidazole rings is 1. The molecule has 0 saturated heterocycles. The Kier molecular flexibility index (Phi) is 4.05. The van der Waals surface area contributed by atoms with Crippen molar-refractivity contribution in [1.82, 2.24) is 14.7 Å². The SMILES string of the molecule is Cc1c(NC(=O)CNC(=O)c2ccccc2)ccc2nccn12. The number of nitrogens with one attached hydrogen (secondary N) is 2. The first-order valence-electron chi connectivity index (χ1n) is 7.21. The molecule has 6 heteroatoms. The minimum atomic E-state index is -0.281. The molecule has 3 aromatic rings. The Balaban J connectivity index is 1.62. The summed E-state index contributed by atoms with van der Waals surface area (Å²) in [5.41, 5.74) is 2.91. The van der Waals surface area contributed by atoms with Gasteiger partial charge in [0, 0.05) is 23.7 Å². The molecule has 0 aliphatic rings. The number of anilines is 1. The largest absolute Gasteiger partial charge is 0.343 e. The maximum Gasteiger partial charge on any atom is 0.251 e. The van der Waals surface area contributed by atoms with E-state index in [1.54, 1.807) is 36.5 Å². The highest BCUT2D eigenvalue weighted by Gasteiger charge is 2.10. The molecule has 0 spiro atoms. The standard InChI is InChI=1S/C17H16N4O2/c1-12-14(7-8-15-18-9-10-21(12)15)20-16(22)11-19-17(23)13-5-3-2-4-6-13/h2-10H,11H2,1H3,(H,19,23)(H,20,22). The van der Waals surface area contributed by atoms with Gasteiger partial charge in [0.25, 0.3) is 5.91 Å². The van der Waals surface area contributed by atoms with Gasteiger partial charge in [-0.2, -0.15) is 0 Å². The monoisotopic (exact) mass is 308 g/mol. The van der Waals surface area contributed by atoms with Crippen LogP contribution in [0, 0.1) is 6.92 Å². The zero-order chi connectivity index (χ0) is 16.2. The van der Waals surface area contributed by atoms with Crippen LogP contribution in [0.4, 0.5) is 5.69 Å². The Morgan fingerprint density at radius 1 is 1.13 bits per heavy atom. The fourth-order valence-electron chi connectivity index (χ4n) is 2.31. The summed E-state index contributed by atoms with van der Waals surface area (Å²) in [6.45, 7) is 1.81. The zero-order valence-corrected chi connectivity index (χ0v) is 12.6. The highest BCUT2D eigenvalue weighted by Crippen LogP contribution is 2.16. The van der Waals surface area contributed by atoms with E-state index in [-0.39, 0.29) is 18.4 Å². The third-order valence-corrected chi connectivity index (χ3v) is 3.54. The smallest absolute Gasteiger partial charge is 0.251 e. The topological polar surface area (TPSA) is 75.5 Å². The fourth-order valence-corrected chi connectivity index (χ4v) is 2.31. The zero-order valence-electron chi connectivity index (χ0n) is 12.6. The molecule has 0 fully saturated rings. The summed E-state index contributed by atoms with van der Waals surface area (Å²) in [5.74, 6) is -0.556. The molecular weight excluding hydrogens is 292 g/mol. The lowest BCUT2D eigenvalue weighted by atomic mass is 10.2. The van der Waals surface area contributed by atoms with Gasteiger partial charge in [-0.15, -0.1) is 0 Å². The first-order valence-corrected chi connectivity index (χ1v) is 7.21. The average molecular weight is 308 g/mol. The van der Waals surface area contributed by atoms with Gasteiger partial charge in [0.15, 0.2) is 0 Å². The molecule has 0 bridgehead atoms. The molecule has 3 rings (SSSR count). The minimum Gasteiger partial charge on any atom is -0.343 e. The fraction of sp³-hybridized carbons (Fsp3) is 0.118. The number of benzene rings is 1. The number of fused-ring (bicyclic) bond motifs is 1. The second kappa shape index (κ2) is 6.31. The number of carbonyl (C=O) groups is 2. The number of aromatic nitrogens is 2. The molecule has 116 valence electrons. The van der Waals surface area contributed by atoms with Gasteiger partial charge >= 0.3 is 0 Å². The van der Waals surface area contributed by atoms with Crippen molar-refractivity contribution in [3.05, 3.63) is 66.1 Å². The van der Waals surface area contributed by atoms with Gasteiger partial charge in [0.2, 0.25) is 5.91 Å². The quantitative estimate of drug-likeness (QED) is 0.774. The maximum atomic E-state index is 12.0. The number of hydrogen-bond donors (Lipinski definition) is 2. The van der Waals surface area contributed by atoms with Gasteiger partial charge in [0.1, 0.15) is 5.65 Å². The molecule has 0 aliphatic heterocycles. The average Bonchev–Trinajstić information content (AvgIpc) is 3.05. The molecule has 0 atom stereocenters. The second-order valence-corrected chi connectivity index (χ2v) is 5.08. The van der Waals surface area contributed by atoms with Gasteiger partial charge < -0.3 is 15.0 Å². The van der Waals surface area contributed by atoms with E-state index in [0.717, 1.165) is 11.3 Å². The molecular formula is C17H16N4O2. The number of carbonyl (C=O) groups excluding carboxylic acids is 2. The van der Waals surface area contributed by atoms with Crippen LogP contribution in [0.3, 0.4) is 0 Å². The summed E-state index contributed by atoms with van der Waals surface area (Å²) in [4.78, 5) is 28.1. The van der Waals surface area contributed by atoms with Crippen molar-refractivity contribution in [1.29, 1.82) is 0 Å². The number of rotatable bonds is 4. The Morgan fingerprint density at radius 3 is 2.70 bits per heavy atom. The van der Waals surface area contributed by atoms with Crippen LogP contribution in [-0.4, -0.2) is 27.7 Å². The molecule has 23 heavy (non-hydrogen) atoms. The van der Waals surface area contributed by atoms with Crippen molar-refractivity contribution in [2.75, 3.05) is 11.9 Å². The number of amides is 2. The van der Waals surface area contributed by atoms with E-state index in [4.69, 9.17) is 0 Å². The first-order chi connectivity index (χ1) is 11.1. The van der Waals surface area contributed by atoms with Crippen LogP contribution in [-0.2, 0) is 4.79 Å². The van der Waals surface area contributed by atoms with Crippen LogP contribution in [0.25, 0.3) is 5.65 Å². The Bertz CT molecular complexity index is 855. The first kappa shape index (κ1) is 14.8. The molecule has 0 aliphatic carbocycles. The molecule has 2 heterocycles. The summed E-state index contributed by atoms with van der Waals surface area (Å²) < 4.78 is 1.89. The van der Waals surface area contributed by atoms with E-state index in [1.807, 2.05) is 29.7 Å². The highest BCUT2D eigenvalue weighted by atomic mass is 16.2. The second-order valence-electron chi connectivity index (χ2n) is 5.08. The maximum absolute atomic E-state index is 12.0. The van der Waals surface area contributed by atoms with Gasteiger partial charge in [0.05, 0.1) is 12.2 Å². The third-order valence-electron chi connectivity index (χ3n) is 3.54. The lowest BCUT2D eigenvalue weighted by Crippen LogP contribution is -2.33. The normalized spacial score (nSPS) is 10.5. The van der Waals surface area contributed by atoms with Crippen LogP contribution in [0.5, 0.6) is 0 Å². The number of pyridine rings is 1. The summed E-state index contributed by atoms with van der Waals surface area (Å²) >= 11 is 0. The van der Waals surface area contributed by atoms with Crippen molar-refractivity contribution in [2.45, 2.75) is 6.92 Å². The van der Waals surface area contributed by atoms with E-state index >= 15 is 0 Å². The molecule has 0 saturated carbocycles. The van der Waals surface area contributed by atoms with E-state index < -0.39 is 0 Å². The minimum absolute atomic E-state index is 0.0882. The van der Waals surface area contributed by atoms with Crippen molar-refractivity contribution < 1.29 is 9.59 Å². The summed E-state index contributed by atoms with van der Waals surface area (Å²) in [7, 11) is 0. The molecule has 2 N–H and O–H groups in total. The van der Waals surface area contributed by atoms with E-state index in [0.29, 0.717) is 11.3 Å². The van der Waals surface area contributed by atoms with Gasteiger partial charge in [-0.25, -0.2) is 4.98 Å². The molecule has 0 radical (unpaired) electrons. The third kappa shape index (κ3) is 3.21. The van der Waals surface area contributed by atoms with E-state index in [9.17, 15) is 9.59 Å². The number of aryl methyl sites for hydroxylation is 1. The summed E-state index contributed by atoms with van der Waals surface area (Å²) in [6, 6.07) is 12.4. The lowest BCUT2D eigenvalue weighted by molar-refractivity contribution is -0.115. The predicted octanol–water partition coefficient (Wildman–Crippen LogP) is 2.01. The Morgan fingerprint density at radius 2 is 1.91 bits per heavy atom. The van der Waals surface area contributed by atoms with Crippen molar-refractivity contribution in [3.63, 3.8) is 0 Å². The lowest BCUT2D eigenvalue weighted by Gasteiger charge is -2.10. The van der Waals surface area contributed by atoms with Crippen LogP contribution in [0.15, 0.2) is 54.9 Å². The van der Waals surface area contributed by atoms with E-state index in [1.165, 1.54) is 0 Å². The molecule has 2 aromatic heterocycles. The van der Waals surface area contributed by atoms with E-state index in [2.05, 4.69) is 15.6 Å². The van der Waals surface area contributed by atoms with Gasteiger partial charge in [-0.05, 0) is 31.2 Å². The van der Waals surface area contributed by atoms with Crippen LogP contribution < -0.4 is 10.6 Å². The van der Waals surface area contributed by atoms with Crippen LogP contribution in [0.1, 0.15) is 16.1 Å². The molecule has 6 nitrogen and oxygen atoms in total. The van der Waals surface area contributed by atoms with Crippen molar-refractivity contribution >= 4 is 23.1 Å². The Labute approximate surface area is 133 Å².